The van der Waals surface area contributed by atoms with Crippen LogP contribution in [-0.4, -0.2) is 37.6 Å². The summed E-state index contributed by atoms with van der Waals surface area (Å²) < 4.78 is 23.1. The van der Waals surface area contributed by atoms with Gasteiger partial charge in [-0.2, -0.15) is 0 Å². The van der Waals surface area contributed by atoms with Gasteiger partial charge in [-0.05, 0) is 55.2 Å². The summed E-state index contributed by atoms with van der Waals surface area (Å²) in [6.45, 7) is 6.07. The Morgan fingerprint density at radius 3 is 2.35 bits per heavy atom. The topological polar surface area (TPSA) is 127 Å². The van der Waals surface area contributed by atoms with Crippen molar-refractivity contribution in [3.8, 4) is 0 Å². The second-order valence-corrected chi connectivity index (χ2v) is 9.58. The largest absolute Gasteiger partial charge is 0.346 e. The molecule has 0 spiro atoms. The number of rotatable bonds is 7. The van der Waals surface area contributed by atoms with Crippen molar-refractivity contribution in [2.24, 2.45) is 11.1 Å². The molecule has 1 atom stereocenters. The number of nitrogens with one attached hydrogen (secondary N) is 1. The van der Waals surface area contributed by atoms with E-state index >= 15 is 0 Å². The van der Waals surface area contributed by atoms with Crippen LogP contribution in [0.1, 0.15) is 69.9 Å². The summed E-state index contributed by atoms with van der Waals surface area (Å²) in [5.74, 6) is -0.845. The Labute approximate surface area is 181 Å². The van der Waals surface area contributed by atoms with Gasteiger partial charge in [0, 0.05) is 12.1 Å². The zero-order valence-electron chi connectivity index (χ0n) is 17.6. The molecule has 3 N–H and O–H groups in total. The molecule has 0 fully saturated rings. The Bertz CT molecular complexity index is 1160. The van der Waals surface area contributed by atoms with Crippen molar-refractivity contribution in [2.75, 3.05) is 6.54 Å². The monoisotopic (exact) mass is 443 g/mol. The number of fused-ring (bicyclic) bond motifs is 1. The molecule has 8 nitrogen and oxygen atoms in total. The van der Waals surface area contributed by atoms with Crippen molar-refractivity contribution in [3.05, 3.63) is 64.7 Å². The molecule has 31 heavy (non-hydrogen) atoms. The Balaban J connectivity index is 1.78. The van der Waals surface area contributed by atoms with Gasteiger partial charge in [0.1, 0.15) is 0 Å². The highest BCUT2D eigenvalue weighted by molar-refractivity contribution is 7.89. The van der Waals surface area contributed by atoms with Gasteiger partial charge in [0.15, 0.2) is 0 Å². The van der Waals surface area contributed by atoms with Crippen molar-refractivity contribution in [1.82, 2.24) is 10.2 Å². The van der Waals surface area contributed by atoms with E-state index in [1.165, 1.54) is 35.2 Å². The highest BCUT2D eigenvalue weighted by Gasteiger charge is 2.35. The Hall–Kier alpha value is -3.04. The highest BCUT2D eigenvalue weighted by Crippen LogP contribution is 2.25. The van der Waals surface area contributed by atoms with Crippen molar-refractivity contribution in [1.29, 1.82) is 0 Å². The molecule has 0 aliphatic carbocycles. The van der Waals surface area contributed by atoms with Crippen LogP contribution in [0, 0.1) is 5.92 Å². The van der Waals surface area contributed by atoms with Gasteiger partial charge in [-0.1, -0.05) is 26.0 Å². The van der Waals surface area contributed by atoms with E-state index in [0.29, 0.717) is 30.0 Å². The molecule has 1 unspecified atom stereocenters. The lowest BCUT2D eigenvalue weighted by Crippen LogP contribution is -2.31. The van der Waals surface area contributed by atoms with Crippen LogP contribution in [0.3, 0.4) is 0 Å². The molecule has 3 amide bonds. The van der Waals surface area contributed by atoms with E-state index in [1.807, 2.05) is 13.8 Å². The Morgan fingerprint density at radius 2 is 1.71 bits per heavy atom. The summed E-state index contributed by atoms with van der Waals surface area (Å²) in [6.07, 6.45) is 0.702. The van der Waals surface area contributed by atoms with Crippen LogP contribution >= 0.6 is 0 Å². The third kappa shape index (κ3) is 4.83. The lowest BCUT2D eigenvalue weighted by atomic mass is 10.0. The second kappa shape index (κ2) is 8.60. The molecule has 0 radical (unpaired) electrons. The summed E-state index contributed by atoms with van der Waals surface area (Å²) >= 11 is 0. The van der Waals surface area contributed by atoms with Crippen LogP contribution in [0.4, 0.5) is 0 Å². The van der Waals surface area contributed by atoms with Crippen LogP contribution in [-0.2, 0) is 10.0 Å². The molecule has 0 saturated heterocycles. The molecule has 0 saturated carbocycles. The first-order valence-corrected chi connectivity index (χ1v) is 11.5. The molecule has 0 aromatic heterocycles. The van der Waals surface area contributed by atoms with Gasteiger partial charge in [-0.3, -0.25) is 19.3 Å². The standard InChI is InChI=1S/C22H25N3O5S/c1-13(2)9-10-25-21(27)18-8-7-16(12-19(18)22(25)28)20(26)24-14(3)15-5-4-6-17(11-15)31(23,29)30/h4-8,11-14H,9-10H2,1-3H3,(H,24,26)(H2,23,29,30). The number of imide groups is 1. The average Bonchev–Trinajstić information content (AvgIpc) is 2.95. The molecular weight excluding hydrogens is 418 g/mol. The number of carbonyl (C=O) groups is 3. The maximum absolute atomic E-state index is 12.7. The van der Waals surface area contributed by atoms with Crippen molar-refractivity contribution < 1.29 is 22.8 Å². The van der Waals surface area contributed by atoms with E-state index in [-0.39, 0.29) is 21.9 Å². The van der Waals surface area contributed by atoms with Crippen molar-refractivity contribution >= 4 is 27.7 Å². The molecule has 1 aliphatic rings. The van der Waals surface area contributed by atoms with Crippen LogP contribution in [0.15, 0.2) is 47.4 Å². The Kier molecular flexibility index (Phi) is 6.28. The predicted molar refractivity (Wildman–Crippen MR) is 115 cm³/mol. The van der Waals surface area contributed by atoms with Gasteiger partial charge in [-0.25, -0.2) is 13.6 Å². The quantitative estimate of drug-likeness (QED) is 0.636. The second-order valence-electron chi connectivity index (χ2n) is 8.02. The average molecular weight is 444 g/mol. The van der Waals surface area contributed by atoms with E-state index in [4.69, 9.17) is 5.14 Å². The summed E-state index contributed by atoms with van der Waals surface area (Å²) in [5.41, 5.74) is 1.30. The first kappa shape index (κ1) is 22.6. The molecule has 9 heteroatoms. The molecular formula is C22H25N3O5S. The fourth-order valence-corrected chi connectivity index (χ4v) is 3.92. The van der Waals surface area contributed by atoms with E-state index in [2.05, 4.69) is 5.32 Å². The lowest BCUT2D eigenvalue weighted by Gasteiger charge is -2.15. The maximum Gasteiger partial charge on any atom is 0.261 e. The maximum atomic E-state index is 12.7. The zero-order chi connectivity index (χ0) is 22.9. The van der Waals surface area contributed by atoms with Crippen LogP contribution < -0.4 is 10.5 Å². The number of sulfonamides is 1. The van der Waals surface area contributed by atoms with Crippen molar-refractivity contribution in [3.63, 3.8) is 0 Å². The third-order valence-corrected chi connectivity index (χ3v) is 6.11. The van der Waals surface area contributed by atoms with Crippen LogP contribution in [0.25, 0.3) is 0 Å². The molecule has 2 aromatic rings. The molecule has 1 aliphatic heterocycles. The van der Waals surface area contributed by atoms with Gasteiger partial charge in [0.25, 0.3) is 17.7 Å². The first-order chi connectivity index (χ1) is 14.5. The molecule has 2 aromatic carbocycles. The van der Waals surface area contributed by atoms with Gasteiger partial charge in [0.2, 0.25) is 10.0 Å². The van der Waals surface area contributed by atoms with Gasteiger partial charge in [-0.15, -0.1) is 0 Å². The molecule has 3 rings (SSSR count). The zero-order valence-corrected chi connectivity index (χ0v) is 18.4. The predicted octanol–water partition coefficient (Wildman–Crippen LogP) is 2.47. The summed E-state index contributed by atoms with van der Waals surface area (Å²) in [5, 5.41) is 7.94. The first-order valence-electron chi connectivity index (χ1n) is 9.93. The van der Waals surface area contributed by atoms with Crippen molar-refractivity contribution in [2.45, 2.75) is 38.1 Å². The van der Waals surface area contributed by atoms with Gasteiger partial charge >= 0.3 is 0 Å². The lowest BCUT2D eigenvalue weighted by molar-refractivity contribution is 0.0647. The smallest absolute Gasteiger partial charge is 0.261 e. The molecule has 0 bridgehead atoms. The van der Waals surface area contributed by atoms with E-state index < -0.39 is 27.9 Å². The minimum Gasteiger partial charge on any atom is -0.346 e. The highest BCUT2D eigenvalue weighted by atomic mass is 32.2. The van der Waals surface area contributed by atoms with Gasteiger partial charge in [0.05, 0.1) is 22.1 Å². The normalized spacial score (nSPS) is 14.7. The summed E-state index contributed by atoms with van der Waals surface area (Å²) in [7, 11) is -3.86. The number of primary sulfonamides is 1. The molecule has 1 heterocycles. The van der Waals surface area contributed by atoms with Crippen LogP contribution in [0.5, 0.6) is 0 Å². The number of amides is 3. The minimum absolute atomic E-state index is 0.0470. The number of hydrogen-bond donors (Lipinski definition) is 2. The fraction of sp³-hybridized carbons (Fsp3) is 0.318. The van der Waals surface area contributed by atoms with E-state index in [1.54, 1.807) is 19.1 Å². The number of nitrogens with two attached hydrogens (primary N) is 1. The fourth-order valence-electron chi connectivity index (χ4n) is 3.35. The third-order valence-electron chi connectivity index (χ3n) is 5.20. The number of benzene rings is 2. The number of hydrogen-bond acceptors (Lipinski definition) is 5. The minimum atomic E-state index is -3.86. The summed E-state index contributed by atoms with van der Waals surface area (Å²) in [4.78, 5) is 39.1. The van der Waals surface area contributed by atoms with Gasteiger partial charge < -0.3 is 5.32 Å². The SMILES string of the molecule is CC(C)CCN1C(=O)c2ccc(C(=O)NC(C)c3cccc(S(N)(=O)=O)c3)cc2C1=O. The number of nitrogens with zero attached hydrogens (tertiary/aromatic N) is 1. The number of carbonyl (C=O) groups excluding carboxylic acids is 3. The van der Waals surface area contributed by atoms with E-state index in [0.717, 1.165) is 0 Å². The van der Waals surface area contributed by atoms with E-state index in [9.17, 15) is 22.8 Å². The van der Waals surface area contributed by atoms with Crippen LogP contribution in [0.2, 0.25) is 0 Å². The Morgan fingerprint density at radius 1 is 1.03 bits per heavy atom. The molecule has 164 valence electrons. The summed E-state index contributed by atoms with van der Waals surface area (Å²) in [6, 6.07) is 9.90.